The van der Waals surface area contributed by atoms with Gasteiger partial charge in [0.1, 0.15) is 12.2 Å². The van der Waals surface area contributed by atoms with Gasteiger partial charge in [0.05, 0.1) is 0 Å². The van der Waals surface area contributed by atoms with E-state index in [4.69, 9.17) is 9.47 Å². The Hall–Kier alpha value is -1.55. The molecule has 0 fully saturated rings. The molecule has 0 saturated carbocycles. The number of carbonyl (C=O) groups excluding carboxylic acids is 1. The first kappa shape index (κ1) is 20.5. The molecule has 136 valence electrons. The minimum Gasteiger partial charge on any atom is -0.443 e. The average molecular weight is 335 g/mol. The SMILES string of the molecule is CCCNC(=O)OC(C(C)C)C(OCC(C)C)c1ccccc1C. The number of rotatable bonds is 9. The molecule has 0 heterocycles. The number of carbonyl (C=O) groups is 1. The van der Waals surface area contributed by atoms with E-state index in [9.17, 15) is 4.79 Å². The van der Waals surface area contributed by atoms with E-state index in [1.165, 1.54) is 0 Å². The quantitative estimate of drug-likeness (QED) is 0.700. The van der Waals surface area contributed by atoms with Gasteiger partial charge >= 0.3 is 6.09 Å². The van der Waals surface area contributed by atoms with Crippen molar-refractivity contribution in [3.05, 3.63) is 35.4 Å². The molecule has 1 aromatic carbocycles. The maximum absolute atomic E-state index is 12.1. The van der Waals surface area contributed by atoms with Crippen LogP contribution < -0.4 is 5.32 Å². The molecule has 1 aromatic rings. The molecule has 1 rings (SSSR count). The van der Waals surface area contributed by atoms with E-state index in [0.717, 1.165) is 17.5 Å². The monoisotopic (exact) mass is 335 g/mol. The third kappa shape index (κ3) is 6.52. The first-order valence-electron chi connectivity index (χ1n) is 8.98. The molecule has 4 nitrogen and oxygen atoms in total. The Morgan fingerprint density at radius 1 is 1.17 bits per heavy atom. The fourth-order valence-corrected chi connectivity index (χ4v) is 2.50. The van der Waals surface area contributed by atoms with Crippen molar-refractivity contribution < 1.29 is 14.3 Å². The van der Waals surface area contributed by atoms with Gasteiger partial charge in [-0.15, -0.1) is 0 Å². The number of aryl methyl sites for hydroxylation is 1. The van der Waals surface area contributed by atoms with Crippen molar-refractivity contribution in [2.45, 2.75) is 60.2 Å². The Morgan fingerprint density at radius 2 is 1.83 bits per heavy atom. The number of hydrogen-bond acceptors (Lipinski definition) is 3. The van der Waals surface area contributed by atoms with Gasteiger partial charge in [0.25, 0.3) is 0 Å². The normalized spacial score (nSPS) is 13.8. The van der Waals surface area contributed by atoms with Crippen molar-refractivity contribution in [1.29, 1.82) is 0 Å². The molecule has 4 heteroatoms. The van der Waals surface area contributed by atoms with Gasteiger partial charge in [0.2, 0.25) is 0 Å². The van der Waals surface area contributed by atoms with Crippen LogP contribution in [0.5, 0.6) is 0 Å². The highest BCUT2D eigenvalue weighted by Gasteiger charge is 2.31. The largest absolute Gasteiger partial charge is 0.443 e. The molecule has 0 aliphatic heterocycles. The highest BCUT2D eigenvalue weighted by atomic mass is 16.6. The lowest BCUT2D eigenvalue weighted by Gasteiger charge is -2.31. The fraction of sp³-hybridized carbons (Fsp3) is 0.650. The van der Waals surface area contributed by atoms with E-state index >= 15 is 0 Å². The minimum atomic E-state index is -0.373. The molecule has 0 aromatic heterocycles. The summed E-state index contributed by atoms with van der Waals surface area (Å²) in [6, 6.07) is 8.14. The summed E-state index contributed by atoms with van der Waals surface area (Å²) >= 11 is 0. The molecule has 0 aliphatic carbocycles. The van der Waals surface area contributed by atoms with E-state index in [1.807, 2.05) is 19.1 Å². The molecular formula is C20H33NO3. The number of alkyl carbamates (subject to hydrolysis) is 1. The summed E-state index contributed by atoms with van der Waals surface area (Å²) in [4.78, 5) is 12.1. The molecule has 24 heavy (non-hydrogen) atoms. The van der Waals surface area contributed by atoms with Gasteiger partial charge in [0, 0.05) is 13.2 Å². The highest BCUT2D eigenvalue weighted by Crippen LogP contribution is 2.31. The zero-order valence-electron chi connectivity index (χ0n) is 16.0. The van der Waals surface area contributed by atoms with Crippen LogP contribution in [0.25, 0.3) is 0 Å². The Balaban J connectivity index is 3.02. The second-order valence-electron chi connectivity index (χ2n) is 7.05. The first-order valence-corrected chi connectivity index (χ1v) is 8.98. The Labute approximate surface area is 146 Å². The van der Waals surface area contributed by atoms with Crippen LogP contribution in [-0.4, -0.2) is 25.3 Å². The van der Waals surface area contributed by atoms with Crippen LogP contribution in [0.2, 0.25) is 0 Å². The van der Waals surface area contributed by atoms with Crippen LogP contribution in [0, 0.1) is 18.8 Å². The second-order valence-corrected chi connectivity index (χ2v) is 7.05. The van der Waals surface area contributed by atoms with Crippen molar-refractivity contribution >= 4 is 6.09 Å². The standard InChI is InChI=1S/C20H33NO3/c1-7-12-21-20(22)24-18(15(4)5)19(23-13-14(2)3)17-11-9-8-10-16(17)6/h8-11,14-15,18-19H,7,12-13H2,1-6H3,(H,21,22). The number of nitrogens with one attached hydrogen (secondary N) is 1. The summed E-state index contributed by atoms with van der Waals surface area (Å²) in [5.41, 5.74) is 2.23. The summed E-state index contributed by atoms with van der Waals surface area (Å²) in [6.07, 6.45) is -0.0862. The third-order valence-corrected chi connectivity index (χ3v) is 3.82. The average Bonchev–Trinajstić information content (AvgIpc) is 2.52. The zero-order chi connectivity index (χ0) is 18.1. The molecule has 1 amide bonds. The number of ether oxygens (including phenoxy) is 2. The molecular weight excluding hydrogens is 302 g/mol. The topological polar surface area (TPSA) is 47.6 Å². The zero-order valence-corrected chi connectivity index (χ0v) is 16.0. The summed E-state index contributed by atoms with van der Waals surface area (Å²) in [5, 5.41) is 2.79. The fourth-order valence-electron chi connectivity index (χ4n) is 2.50. The third-order valence-electron chi connectivity index (χ3n) is 3.82. The van der Waals surface area contributed by atoms with E-state index in [1.54, 1.807) is 0 Å². The van der Waals surface area contributed by atoms with Crippen LogP contribution >= 0.6 is 0 Å². The molecule has 0 saturated heterocycles. The van der Waals surface area contributed by atoms with E-state index in [-0.39, 0.29) is 24.2 Å². The maximum atomic E-state index is 12.1. The van der Waals surface area contributed by atoms with Crippen LogP contribution in [0.15, 0.2) is 24.3 Å². The van der Waals surface area contributed by atoms with Crippen molar-refractivity contribution in [2.75, 3.05) is 13.2 Å². The van der Waals surface area contributed by atoms with Gasteiger partial charge in [-0.1, -0.05) is 58.9 Å². The predicted molar refractivity (Wildman–Crippen MR) is 98.1 cm³/mol. The summed E-state index contributed by atoms with van der Waals surface area (Å²) in [5.74, 6) is 0.562. The van der Waals surface area contributed by atoms with Gasteiger partial charge in [-0.3, -0.25) is 0 Å². The van der Waals surface area contributed by atoms with Crippen LogP contribution in [0.3, 0.4) is 0 Å². The molecule has 0 spiro atoms. The molecule has 1 N–H and O–H groups in total. The number of benzene rings is 1. The van der Waals surface area contributed by atoms with Crippen molar-refractivity contribution in [1.82, 2.24) is 5.32 Å². The number of hydrogen-bond donors (Lipinski definition) is 1. The summed E-state index contributed by atoms with van der Waals surface area (Å²) < 4.78 is 11.9. The Kier molecular flexibility index (Phi) is 8.83. The molecule has 0 aliphatic rings. The van der Waals surface area contributed by atoms with Crippen molar-refractivity contribution in [3.63, 3.8) is 0 Å². The second kappa shape index (κ2) is 10.3. The lowest BCUT2D eigenvalue weighted by atomic mass is 9.93. The summed E-state index contributed by atoms with van der Waals surface area (Å²) in [6.45, 7) is 13.7. The van der Waals surface area contributed by atoms with E-state index < -0.39 is 0 Å². The molecule has 2 unspecified atom stereocenters. The molecule has 0 bridgehead atoms. The van der Waals surface area contributed by atoms with Crippen LogP contribution in [-0.2, 0) is 9.47 Å². The van der Waals surface area contributed by atoms with Gasteiger partial charge in [-0.2, -0.15) is 0 Å². The number of amides is 1. The van der Waals surface area contributed by atoms with Crippen LogP contribution in [0.1, 0.15) is 58.3 Å². The highest BCUT2D eigenvalue weighted by molar-refractivity contribution is 5.67. The minimum absolute atomic E-state index is 0.147. The lowest BCUT2D eigenvalue weighted by molar-refractivity contribution is -0.0714. The van der Waals surface area contributed by atoms with Gasteiger partial charge in [0.15, 0.2) is 0 Å². The van der Waals surface area contributed by atoms with Gasteiger partial charge in [-0.25, -0.2) is 4.79 Å². The Bertz CT molecular complexity index is 499. The Morgan fingerprint density at radius 3 is 2.38 bits per heavy atom. The van der Waals surface area contributed by atoms with Crippen molar-refractivity contribution in [2.24, 2.45) is 11.8 Å². The van der Waals surface area contributed by atoms with E-state index in [2.05, 4.69) is 52.1 Å². The van der Waals surface area contributed by atoms with Gasteiger partial charge in [-0.05, 0) is 36.3 Å². The first-order chi connectivity index (χ1) is 11.4. The molecule has 0 radical (unpaired) electrons. The van der Waals surface area contributed by atoms with Crippen LogP contribution in [0.4, 0.5) is 4.79 Å². The predicted octanol–water partition coefficient (Wildman–Crippen LogP) is 4.87. The van der Waals surface area contributed by atoms with E-state index in [0.29, 0.717) is 19.1 Å². The molecule has 2 atom stereocenters. The van der Waals surface area contributed by atoms with Gasteiger partial charge < -0.3 is 14.8 Å². The smallest absolute Gasteiger partial charge is 0.407 e. The van der Waals surface area contributed by atoms with Crippen molar-refractivity contribution in [3.8, 4) is 0 Å². The summed E-state index contributed by atoms with van der Waals surface area (Å²) in [7, 11) is 0. The maximum Gasteiger partial charge on any atom is 0.407 e. The lowest BCUT2D eigenvalue weighted by Crippen LogP contribution is -2.37.